The van der Waals surface area contributed by atoms with Gasteiger partial charge in [0, 0.05) is 10.0 Å². The second-order valence-corrected chi connectivity index (χ2v) is 8.12. The summed E-state index contributed by atoms with van der Waals surface area (Å²) in [5.74, 6) is 0.0798. The summed E-state index contributed by atoms with van der Waals surface area (Å²) in [6.45, 7) is 1.89. The highest BCUT2D eigenvalue weighted by Crippen LogP contribution is 2.32. The van der Waals surface area contributed by atoms with Crippen LogP contribution in [-0.2, 0) is 0 Å². The number of aryl methyl sites for hydroxylation is 1. The number of halogens is 4. The van der Waals surface area contributed by atoms with Gasteiger partial charge in [0.1, 0.15) is 5.75 Å². The Kier molecular flexibility index (Phi) is 6.20. The van der Waals surface area contributed by atoms with Crippen LogP contribution in [0.3, 0.4) is 0 Å². The van der Waals surface area contributed by atoms with E-state index in [9.17, 15) is 4.79 Å². The number of carbonyl (C=O) groups excluding carboxylic acids is 1. The van der Waals surface area contributed by atoms with Crippen LogP contribution in [0.25, 0.3) is 0 Å². The molecule has 0 saturated heterocycles. The van der Waals surface area contributed by atoms with Crippen molar-refractivity contribution in [2.45, 2.75) is 16.9 Å². The summed E-state index contributed by atoms with van der Waals surface area (Å²) in [4.78, 5) is 12.3. The summed E-state index contributed by atoms with van der Waals surface area (Å²) in [7, 11) is 0. The van der Waals surface area contributed by atoms with Crippen molar-refractivity contribution in [2.75, 3.05) is 0 Å². The Hall–Kier alpha value is -0.940. The van der Waals surface area contributed by atoms with Crippen LogP contribution in [0.2, 0.25) is 0 Å². The molecule has 0 aliphatic carbocycles. The minimum Gasteiger partial charge on any atom is -0.466 e. The molecule has 2 aromatic rings. The molecule has 0 fully saturated rings. The van der Waals surface area contributed by atoms with Crippen LogP contribution in [0.4, 0.5) is 0 Å². The third-order valence-electron chi connectivity index (χ3n) is 2.91. The van der Waals surface area contributed by atoms with E-state index in [4.69, 9.17) is 39.5 Å². The van der Waals surface area contributed by atoms with Gasteiger partial charge in [0.25, 0.3) is 5.91 Å². The number of benzene rings is 2. The first-order valence-corrected chi connectivity index (χ1v) is 8.55. The summed E-state index contributed by atoms with van der Waals surface area (Å²) in [6, 6.07) is 14.1. The Morgan fingerprint density at radius 1 is 1.17 bits per heavy atom. The van der Waals surface area contributed by atoms with Gasteiger partial charge in [-0.15, -0.1) is 0 Å². The Labute approximate surface area is 158 Å². The molecule has 2 aromatic carbocycles. The van der Waals surface area contributed by atoms with Gasteiger partial charge < -0.3 is 10.1 Å². The van der Waals surface area contributed by atoms with Crippen molar-refractivity contribution in [1.29, 1.82) is 0 Å². The minimum atomic E-state index is -1.83. The minimum absolute atomic E-state index is 0.387. The quantitative estimate of drug-likeness (QED) is 0.523. The first kappa shape index (κ1) is 18.4. The van der Waals surface area contributed by atoms with E-state index >= 15 is 0 Å². The third-order valence-corrected chi connectivity index (χ3v) is 4.03. The predicted octanol–water partition coefficient (Wildman–Crippen LogP) is 5.26. The van der Waals surface area contributed by atoms with Gasteiger partial charge in [0.2, 0.25) is 10.0 Å². The van der Waals surface area contributed by atoms with E-state index in [1.807, 2.05) is 13.0 Å². The molecule has 122 valence electrons. The summed E-state index contributed by atoms with van der Waals surface area (Å²) < 4.78 is 4.67. The second-order valence-electron chi connectivity index (χ2n) is 4.84. The maximum atomic E-state index is 12.3. The molecule has 1 N–H and O–H groups in total. The fourth-order valence-electron chi connectivity index (χ4n) is 1.82. The van der Waals surface area contributed by atoms with Crippen LogP contribution in [0.5, 0.6) is 5.75 Å². The molecule has 0 bridgehead atoms. The molecular formula is C16H13BrCl3NO2. The van der Waals surface area contributed by atoms with E-state index in [-0.39, 0.29) is 5.91 Å². The standard InChI is InChI=1S/C16H13BrCl3NO2/c1-10-3-2-4-11(9-10)14(22)21-15(16(18,19)20)23-13-7-5-12(17)6-8-13/h2-9,15H,1H3,(H,21,22)/t15-/m1/s1. The lowest BCUT2D eigenvalue weighted by Crippen LogP contribution is -2.47. The number of hydrogen-bond acceptors (Lipinski definition) is 2. The summed E-state index contributed by atoms with van der Waals surface area (Å²) in [5, 5.41) is 2.59. The van der Waals surface area contributed by atoms with Gasteiger partial charge in [-0.05, 0) is 43.3 Å². The molecule has 0 aromatic heterocycles. The van der Waals surface area contributed by atoms with Gasteiger partial charge in [-0.2, -0.15) is 0 Å². The van der Waals surface area contributed by atoms with E-state index in [1.165, 1.54) is 0 Å². The van der Waals surface area contributed by atoms with Crippen LogP contribution in [0.1, 0.15) is 15.9 Å². The van der Waals surface area contributed by atoms with Crippen molar-refractivity contribution >= 4 is 56.6 Å². The molecule has 0 unspecified atom stereocenters. The SMILES string of the molecule is Cc1cccc(C(=O)N[C@H](Oc2ccc(Br)cc2)C(Cl)(Cl)Cl)c1. The number of amides is 1. The molecule has 0 aliphatic heterocycles. The van der Waals surface area contributed by atoms with Crippen molar-refractivity contribution in [1.82, 2.24) is 5.32 Å². The lowest BCUT2D eigenvalue weighted by Gasteiger charge is -2.26. The molecule has 0 spiro atoms. The molecule has 0 saturated carbocycles. The molecule has 2 rings (SSSR count). The first-order chi connectivity index (χ1) is 10.8. The van der Waals surface area contributed by atoms with E-state index in [1.54, 1.807) is 42.5 Å². The monoisotopic (exact) mass is 435 g/mol. The molecule has 0 radical (unpaired) electrons. The van der Waals surface area contributed by atoms with Gasteiger partial charge in [0.05, 0.1) is 0 Å². The highest BCUT2D eigenvalue weighted by atomic mass is 79.9. The number of carbonyl (C=O) groups is 1. The average Bonchev–Trinajstić information content (AvgIpc) is 2.47. The number of ether oxygens (including phenoxy) is 1. The van der Waals surface area contributed by atoms with E-state index in [2.05, 4.69) is 21.2 Å². The largest absolute Gasteiger partial charge is 0.466 e. The lowest BCUT2D eigenvalue weighted by molar-refractivity contribution is 0.0833. The molecule has 3 nitrogen and oxygen atoms in total. The zero-order chi connectivity index (χ0) is 17.0. The smallest absolute Gasteiger partial charge is 0.254 e. The molecule has 1 atom stereocenters. The van der Waals surface area contributed by atoms with Crippen LogP contribution in [0, 0.1) is 6.92 Å². The highest BCUT2D eigenvalue weighted by Gasteiger charge is 2.36. The number of nitrogens with one attached hydrogen (secondary N) is 1. The van der Waals surface area contributed by atoms with Crippen molar-refractivity contribution in [3.8, 4) is 5.75 Å². The van der Waals surface area contributed by atoms with Crippen LogP contribution in [0.15, 0.2) is 53.0 Å². The molecule has 1 amide bonds. The Balaban J connectivity index is 2.16. The lowest BCUT2D eigenvalue weighted by atomic mass is 10.1. The third kappa shape index (κ3) is 5.57. The fraction of sp³-hybridized carbons (Fsp3) is 0.188. The van der Waals surface area contributed by atoms with E-state index in [0.717, 1.165) is 10.0 Å². The van der Waals surface area contributed by atoms with Crippen molar-refractivity contribution in [3.63, 3.8) is 0 Å². The van der Waals surface area contributed by atoms with Gasteiger partial charge in [-0.25, -0.2) is 0 Å². The van der Waals surface area contributed by atoms with Crippen LogP contribution < -0.4 is 10.1 Å². The summed E-state index contributed by atoms with van der Waals surface area (Å²) in [5.41, 5.74) is 1.42. The predicted molar refractivity (Wildman–Crippen MR) is 97.5 cm³/mol. The van der Waals surface area contributed by atoms with Crippen molar-refractivity contribution in [2.24, 2.45) is 0 Å². The topological polar surface area (TPSA) is 38.3 Å². The highest BCUT2D eigenvalue weighted by molar-refractivity contribution is 9.10. The normalized spacial score (nSPS) is 12.6. The van der Waals surface area contributed by atoms with Gasteiger partial charge in [-0.3, -0.25) is 4.79 Å². The fourth-order valence-corrected chi connectivity index (χ4v) is 2.38. The Morgan fingerprint density at radius 2 is 1.83 bits per heavy atom. The molecule has 23 heavy (non-hydrogen) atoms. The summed E-state index contributed by atoms with van der Waals surface area (Å²) >= 11 is 21.1. The molecule has 0 aliphatic rings. The molecule has 0 heterocycles. The summed E-state index contributed by atoms with van der Waals surface area (Å²) in [6.07, 6.45) is -1.14. The van der Waals surface area contributed by atoms with Gasteiger partial charge in [0.15, 0.2) is 0 Å². The second kappa shape index (κ2) is 7.75. The Bertz CT molecular complexity index is 686. The Morgan fingerprint density at radius 3 is 2.39 bits per heavy atom. The van der Waals surface area contributed by atoms with Gasteiger partial charge >= 0.3 is 0 Å². The molecular weight excluding hydrogens is 424 g/mol. The van der Waals surface area contributed by atoms with E-state index < -0.39 is 10.0 Å². The maximum absolute atomic E-state index is 12.3. The van der Waals surface area contributed by atoms with Crippen LogP contribution >= 0.6 is 50.7 Å². The van der Waals surface area contributed by atoms with Crippen molar-refractivity contribution < 1.29 is 9.53 Å². The van der Waals surface area contributed by atoms with Crippen LogP contribution in [-0.4, -0.2) is 15.9 Å². The zero-order valence-electron chi connectivity index (χ0n) is 12.0. The number of hydrogen-bond donors (Lipinski definition) is 1. The van der Waals surface area contributed by atoms with Gasteiger partial charge in [-0.1, -0.05) is 68.4 Å². The van der Waals surface area contributed by atoms with E-state index in [0.29, 0.717) is 11.3 Å². The molecule has 7 heteroatoms. The first-order valence-electron chi connectivity index (χ1n) is 6.62. The van der Waals surface area contributed by atoms with Crippen molar-refractivity contribution in [3.05, 3.63) is 64.1 Å². The zero-order valence-corrected chi connectivity index (χ0v) is 15.9. The number of rotatable bonds is 4. The maximum Gasteiger partial charge on any atom is 0.254 e. The number of alkyl halides is 3. The average molecular weight is 438 g/mol.